The second-order valence-corrected chi connectivity index (χ2v) is 4.83. The molecule has 0 saturated carbocycles. The Labute approximate surface area is 108 Å². The summed E-state index contributed by atoms with van der Waals surface area (Å²) in [7, 11) is 0. The minimum atomic E-state index is 0.855. The van der Waals surface area contributed by atoms with Gasteiger partial charge in [-0.2, -0.15) is 0 Å². The minimum Gasteiger partial charge on any atom is -0.343 e. The topological polar surface area (TPSA) is 17.8 Å². The number of fused-ring (bicyclic) bond motifs is 1. The lowest BCUT2D eigenvalue weighted by molar-refractivity contribution is 0.831. The van der Waals surface area contributed by atoms with E-state index in [1.165, 1.54) is 16.5 Å². The smallest absolute Gasteiger partial charge is 0.0494 e. The fourth-order valence-electron chi connectivity index (χ4n) is 2.01. The first kappa shape index (κ1) is 10.5. The van der Waals surface area contributed by atoms with Crippen LogP contribution in [0.25, 0.3) is 10.9 Å². The van der Waals surface area contributed by atoms with E-state index in [0.717, 1.165) is 11.0 Å². The summed E-state index contributed by atoms with van der Waals surface area (Å²) in [5.41, 5.74) is 2.45. The fraction of sp³-hybridized carbons (Fsp3) is 0.0714. The molecule has 0 aliphatic rings. The maximum absolute atomic E-state index is 4.14. The van der Waals surface area contributed by atoms with Crippen molar-refractivity contribution in [2.45, 2.75) is 6.54 Å². The predicted molar refractivity (Wildman–Crippen MR) is 73.0 cm³/mol. The first-order valence-electron chi connectivity index (χ1n) is 5.47. The first-order chi connectivity index (χ1) is 8.34. The molecule has 0 aliphatic heterocycles. The second-order valence-electron chi connectivity index (χ2n) is 3.98. The number of pyridine rings is 1. The summed E-state index contributed by atoms with van der Waals surface area (Å²) in [4.78, 5) is 4.14. The maximum atomic E-state index is 4.14. The Bertz CT molecular complexity index is 644. The van der Waals surface area contributed by atoms with Crippen molar-refractivity contribution in [1.29, 1.82) is 0 Å². The lowest BCUT2D eigenvalue weighted by Crippen LogP contribution is -1.97. The van der Waals surface area contributed by atoms with Crippen molar-refractivity contribution in [2.24, 2.45) is 0 Å². The third-order valence-electron chi connectivity index (χ3n) is 2.84. The van der Waals surface area contributed by atoms with Crippen LogP contribution in [0.1, 0.15) is 5.56 Å². The molecular formula is C14H11BrN2. The zero-order valence-electron chi connectivity index (χ0n) is 9.18. The summed E-state index contributed by atoms with van der Waals surface area (Å²) >= 11 is 3.57. The Balaban J connectivity index is 2.05. The van der Waals surface area contributed by atoms with Crippen LogP contribution in [0.3, 0.4) is 0 Å². The normalized spacial score (nSPS) is 10.9. The SMILES string of the molecule is Brc1cccc2c1ccn2Cc1cccnc1. The van der Waals surface area contributed by atoms with Gasteiger partial charge in [-0.1, -0.05) is 28.1 Å². The highest BCUT2D eigenvalue weighted by atomic mass is 79.9. The molecule has 2 aromatic heterocycles. The zero-order valence-corrected chi connectivity index (χ0v) is 10.8. The van der Waals surface area contributed by atoms with Crippen molar-refractivity contribution in [3.05, 3.63) is 65.0 Å². The molecule has 17 heavy (non-hydrogen) atoms. The molecule has 0 N–H and O–H groups in total. The molecule has 2 heterocycles. The predicted octanol–water partition coefficient (Wildman–Crippen LogP) is 3.85. The molecular weight excluding hydrogens is 276 g/mol. The molecule has 2 nitrogen and oxygen atoms in total. The van der Waals surface area contributed by atoms with E-state index in [2.05, 4.69) is 62.0 Å². The lowest BCUT2D eigenvalue weighted by atomic mass is 10.2. The van der Waals surface area contributed by atoms with Crippen molar-refractivity contribution < 1.29 is 0 Å². The number of nitrogens with zero attached hydrogens (tertiary/aromatic N) is 2. The molecule has 0 aliphatic carbocycles. The van der Waals surface area contributed by atoms with Crippen LogP contribution in [0.2, 0.25) is 0 Å². The number of benzene rings is 1. The Hall–Kier alpha value is -1.61. The molecule has 0 unspecified atom stereocenters. The van der Waals surface area contributed by atoms with Gasteiger partial charge in [0, 0.05) is 40.5 Å². The lowest BCUT2D eigenvalue weighted by Gasteiger charge is -2.05. The van der Waals surface area contributed by atoms with Gasteiger partial charge in [0.05, 0.1) is 0 Å². The monoisotopic (exact) mass is 286 g/mol. The number of aromatic nitrogens is 2. The van der Waals surface area contributed by atoms with Crippen molar-refractivity contribution in [1.82, 2.24) is 9.55 Å². The second kappa shape index (κ2) is 4.34. The maximum Gasteiger partial charge on any atom is 0.0494 e. The molecule has 0 saturated heterocycles. The summed E-state index contributed by atoms with van der Waals surface area (Å²) in [6.07, 6.45) is 5.82. The van der Waals surface area contributed by atoms with Crippen molar-refractivity contribution >= 4 is 26.8 Å². The van der Waals surface area contributed by atoms with Crippen LogP contribution in [0, 0.1) is 0 Å². The molecule has 0 amide bonds. The van der Waals surface area contributed by atoms with E-state index in [4.69, 9.17) is 0 Å². The average molecular weight is 287 g/mol. The van der Waals surface area contributed by atoms with Crippen molar-refractivity contribution in [3.8, 4) is 0 Å². The summed E-state index contributed by atoms with van der Waals surface area (Å²) in [5, 5.41) is 1.25. The number of halogens is 1. The minimum absolute atomic E-state index is 0.855. The highest BCUT2D eigenvalue weighted by molar-refractivity contribution is 9.10. The Morgan fingerprint density at radius 2 is 2.06 bits per heavy atom. The molecule has 3 aromatic rings. The van der Waals surface area contributed by atoms with Crippen LogP contribution in [0.5, 0.6) is 0 Å². The van der Waals surface area contributed by atoms with Crippen LogP contribution in [-0.4, -0.2) is 9.55 Å². The molecule has 0 bridgehead atoms. The first-order valence-corrected chi connectivity index (χ1v) is 6.26. The van der Waals surface area contributed by atoms with E-state index in [1.807, 2.05) is 12.3 Å². The quantitative estimate of drug-likeness (QED) is 0.700. The van der Waals surface area contributed by atoms with Gasteiger partial charge in [0.15, 0.2) is 0 Å². The van der Waals surface area contributed by atoms with Crippen LogP contribution in [-0.2, 0) is 6.54 Å². The summed E-state index contributed by atoms with van der Waals surface area (Å²) in [6, 6.07) is 12.5. The van der Waals surface area contributed by atoms with E-state index in [-0.39, 0.29) is 0 Å². The van der Waals surface area contributed by atoms with Gasteiger partial charge in [-0.05, 0) is 29.8 Å². The van der Waals surface area contributed by atoms with E-state index < -0.39 is 0 Å². The van der Waals surface area contributed by atoms with Gasteiger partial charge < -0.3 is 4.57 Å². The largest absolute Gasteiger partial charge is 0.343 e. The van der Waals surface area contributed by atoms with E-state index in [0.29, 0.717) is 0 Å². The Kier molecular flexibility index (Phi) is 2.69. The van der Waals surface area contributed by atoms with Crippen molar-refractivity contribution in [3.63, 3.8) is 0 Å². The number of hydrogen-bond acceptors (Lipinski definition) is 1. The zero-order chi connectivity index (χ0) is 11.7. The van der Waals surface area contributed by atoms with Gasteiger partial charge >= 0.3 is 0 Å². The molecule has 3 heteroatoms. The summed E-state index contributed by atoms with van der Waals surface area (Å²) in [6.45, 7) is 0.855. The van der Waals surface area contributed by atoms with Gasteiger partial charge in [0.25, 0.3) is 0 Å². The van der Waals surface area contributed by atoms with Gasteiger partial charge in [-0.15, -0.1) is 0 Å². The van der Waals surface area contributed by atoms with Crippen LogP contribution in [0.4, 0.5) is 0 Å². The number of hydrogen-bond donors (Lipinski definition) is 0. The molecule has 1 aromatic carbocycles. The summed E-state index contributed by atoms with van der Waals surface area (Å²) < 4.78 is 3.37. The van der Waals surface area contributed by atoms with Gasteiger partial charge in [0.2, 0.25) is 0 Å². The molecule has 0 fully saturated rings. The van der Waals surface area contributed by atoms with Gasteiger partial charge in [0.1, 0.15) is 0 Å². The van der Waals surface area contributed by atoms with Gasteiger partial charge in [-0.3, -0.25) is 4.98 Å². The Morgan fingerprint density at radius 3 is 2.88 bits per heavy atom. The molecule has 0 atom stereocenters. The highest BCUT2D eigenvalue weighted by Crippen LogP contribution is 2.25. The van der Waals surface area contributed by atoms with Gasteiger partial charge in [-0.25, -0.2) is 0 Å². The molecule has 84 valence electrons. The fourth-order valence-corrected chi connectivity index (χ4v) is 2.50. The van der Waals surface area contributed by atoms with E-state index in [9.17, 15) is 0 Å². The third kappa shape index (κ3) is 1.98. The molecule has 0 spiro atoms. The highest BCUT2D eigenvalue weighted by Gasteiger charge is 2.03. The van der Waals surface area contributed by atoms with Crippen LogP contribution in [0.15, 0.2) is 59.5 Å². The molecule has 0 radical (unpaired) electrons. The van der Waals surface area contributed by atoms with Crippen LogP contribution >= 0.6 is 15.9 Å². The van der Waals surface area contributed by atoms with E-state index in [1.54, 1.807) is 6.20 Å². The third-order valence-corrected chi connectivity index (χ3v) is 3.53. The van der Waals surface area contributed by atoms with Crippen LogP contribution < -0.4 is 0 Å². The standard InChI is InChI=1S/C14H11BrN2/c15-13-4-1-5-14-12(13)6-8-17(14)10-11-3-2-7-16-9-11/h1-9H,10H2. The number of rotatable bonds is 2. The molecule has 3 rings (SSSR count). The van der Waals surface area contributed by atoms with Crippen molar-refractivity contribution in [2.75, 3.05) is 0 Å². The van der Waals surface area contributed by atoms with E-state index >= 15 is 0 Å². The summed E-state index contributed by atoms with van der Waals surface area (Å²) in [5.74, 6) is 0. The Morgan fingerprint density at radius 1 is 1.12 bits per heavy atom. The average Bonchev–Trinajstić information content (AvgIpc) is 2.76.